The van der Waals surface area contributed by atoms with Gasteiger partial charge >= 0.3 is 0 Å². The second-order valence-corrected chi connectivity index (χ2v) is 7.17. The fourth-order valence-electron chi connectivity index (χ4n) is 4.68. The highest BCUT2D eigenvalue weighted by atomic mass is 15.3. The van der Waals surface area contributed by atoms with Gasteiger partial charge in [0.2, 0.25) is 0 Å². The first-order valence-corrected chi connectivity index (χ1v) is 8.47. The van der Waals surface area contributed by atoms with Gasteiger partial charge < -0.3 is 10.6 Å². The Hall–Kier alpha value is -1.29. The van der Waals surface area contributed by atoms with E-state index in [-0.39, 0.29) is 0 Å². The van der Waals surface area contributed by atoms with Crippen LogP contribution in [0.1, 0.15) is 25.7 Å². The third-order valence-electron chi connectivity index (χ3n) is 5.84. The van der Waals surface area contributed by atoms with Crippen molar-refractivity contribution in [2.75, 3.05) is 43.4 Å². The lowest BCUT2D eigenvalue weighted by Crippen LogP contribution is -2.48. The van der Waals surface area contributed by atoms with Gasteiger partial charge in [-0.15, -0.1) is 0 Å². The molecule has 0 radical (unpaired) electrons. The van der Waals surface area contributed by atoms with Crippen LogP contribution in [0.2, 0.25) is 0 Å². The molecule has 1 saturated heterocycles. The van der Waals surface area contributed by atoms with E-state index in [2.05, 4.69) is 14.8 Å². The number of nitrogens with zero attached hydrogens (tertiary/aromatic N) is 3. The molecule has 2 heterocycles. The van der Waals surface area contributed by atoms with E-state index in [0.29, 0.717) is 0 Å². The van der Waals surface area contributed by atoms with E-state index >= 15 is 0 Å². The molecule has 2 aliphatic carbocycles. The van der Waals surface area contributed by atoms with Crippen LogP contribution >= 0.6 is 0 Å². The monoisotopic (exact) mass is 286 g/mol. The molecule has 4 heteroatoms. The number of anilines is 2. The van der Waals surface area contributed by atoms with Gasteiger partial charge in [0, 0.05) is 32.7 Å². The zero-order chi connectivity index (χ0) is 14.2. The predicted molar refractivity (Wildman–Crippen MR) is 86.2 cm³/mol. The van der Waals surface area contributed by atoms with E-state index in [9.17, 15) is 0 Å². The molecular formula is C17H26N4. The summed E-state index contributed by atoms with van der Waals surface area (Å²) in [6.45, 7) is 5.89. The highest BCUT2D eigenvalue weighted by Gasteiger charge is 2.40. The number of rotatable bonds is 3. The predicted octanol–water partition coefficient (Wildman–Crippen LogP) is 2.22. The molecule has 1 aliphatic heterocycles. The average Bonchev–Trinajstić information content (AvgIpc) is 3.12. The third kappa shape index (κ3) is 2.73. The molecule has 0 amide bonds. The van der Waals surface area contributed by atoms with Crippen molar-refractivity contribution in [2.24, 2.45) is 17.8 Å². The number of hydrogen-bond acceptors (Lipinski definition) is 4. The molecule has 3 aliphatic rings. The van der Waals surface area contributed by atoms with Crippen LogP contribution in [0.25, 0.3) is 0 Å². The maximum atomic E-state index is 5.71. The molecule has 4 rings (SSSR count). The largest absolute Gasteiger partial charge is 0.397 e. The van der Waals surface area contributed by atoms with Crippen LogP contribution in [0, 0.1) is 17.8 Å². The highest BCUT2D eigenvalue weighted by molar-refractivity contribution is 5.46. The Bertz CT molecular complexity index is 478. The fraction of sp³-hybridized carbons (Fsp3) is 0.706. The van der Waals surface area contributed by atoms with E-state index in [1.165, 1.54) is 45.3 Å². The molecule has 0 spiro atoms. The van der Waals surface area contributed by atoms with Crippen LogP contribution in [0.4, 0.5) is 11.5 Å². The third-order valence-corrected chi connectivity index (χ3v) is 5.84. The standard InChI is InChI=1S/C17H26N4/c18-16-3-4-17(19-11-16)21-7-5-20(6-8-21)12-15-10-13-1-2-14(15)9-13/h3-4,11,13-15H,1-2,5-10,12,18H2. The molecule has 4 nitrogen and oxygen atoms in total. The molecule has 3 unspecified atom stereocenters. The van der Waals surface area contributed by atoms with Gasteiger partial charge in [-0.05, 0) is 49.1 Å². The first kappa shape index (κ1) is 13.4. The van der Waals surface area contributed by atoms with Crippen molar-refractivity contribution in [3.05, 3.63) is 18.3 Å². The van der Waals surface area contributed by atoms with Crippen molar-refractivity contribution < 1.29 is 0 Å². The number of nitrogen functional groups attached to an aromatic ring is 1. The van der Waals surface area contributed by atoms with E-state index in [4.69, 9.17) is 5.73 Å². The Morgan fingerprint density at radius 2 is 1.95 bits per heavy atom. The maximum Gasteiger partial charge on any atom is 0.128 e. The fourth-order valence-corrected chi connectivity index (χ4v) is 4.68. The number of pyridine rings is 1. The Morgan fingerprint density at radius 1 is 1.10 bits per heavy atom. The quantitative estimate of drug-likeness (QED) is 0.925. The van der Waals surface area contributed by atoms with Crippen molar-refractivity contribution >= 4 is 11.5 Å². The molecule has 2 bridgehead atoms. The van der Waals surface area contributed by atoms with Crippen LogP contribution in [-0.4, -0.2) is 42.6 Å². The Morgan fingerprint density at radius 3 is 2.57 bits per heavy atom. The molecule has 21 heavy (non-hydrogen) atoms. The summed E-state index contributed by atoms with van der Waals surface area (Å²) in [5.74, 6) is 4.18. The van der Waals surface area contributed by atoms with E-state index in [0.717, 1.165) is 42.3 Å². The van der Waals surface area contributed by atoms with Crippen LogP contribution < -0.4 is 10.6 Å². The number of aromatic nitrogens is 1. The first-order valence-electron chi connectivity index (χ1n) is 8.47. The summed E-state index contributed by atoms with van der Waals surface area (Å²) in [6, 6.07) is 3.99. The van der Waals surface area contributed by atoms with Crippen molar-refractivity contribution in [3.8, 4) is 0 Å². The van der Waals surface area contributed by atoms with E-state index < -0.39 is 0 Å². The van der Waals surface area contributed by atoms with Crippen LogP contribution in [0.15, 0.2) is 18.3 Å². The number of nitrogens with two attached hydrogens (primary N) is 1. The second-order valence-electron chi connectivity index (χ2n) is 7.17. The first-order chi connectivity index (χ1) is 10.3. The lowest BCUT2D eigenvalue weighted by molar-refractivity contribution is 0.182. The van der Waals surface area contributed by atoms with Crippen LogP contribution in [0.3, 0.4) is 0 Å². The lowest BCUT2D eigenvalue weighted by atomic mass is 9.88. The molecular weight excluding hydrogens is 260 g/mol. The van der Waals surface area contributed by atoms with Gasteiger partial charge in [0.15, 0.2) is 0 Å². The zero-order valence-corrected chi connectivity index (χ0v) is 12.7. The Balaban J connectivity index is 1.29. The summed E-state index contributed by atoms with van der Waals surface area (Å²) in [5.41, 5.74) is 6.45. The lowest BCUT2D eigenvalue weighted by Gasteiger charge is -2.37. The summed E-state index contributed by atoms with van der Waals surface area (Å²) in [5, 5.41) is 0. The zero-order valence-electron chi connectivity index (χ0n) is 12.7. The minimum absolute atomic E-state index is 0.744. The van der Waals surface area contributed by atoms with Gasteiger partial charge in [0.05, 0.1) is 11.9 Å². The average molecular weight is 286 g/mol. The van der Waals surface area contributed by atoms with Crippen LogP contribution in [0.5, 0.6) is 0 Å². The van der Waals surface area contributed by atoms with Crippen molar-refractivity contribution in [1.82, 2.24) is 9.88 Å². The van der Waals surface area contributed by atoms with Gasteiger partial charge in [-0.2, -0.15) is 0 Å². The maximum absolute atomic E-state index is 5.71. The summed E-state index contributed by atoms with van der Waals surface area (Å²) in [7, 11) is 0. The second kappa shape index (κ2) is 5.48. The number of hydrogen-bond donors (Lipinski definition) is 1. The normalized spacial score (nSPS) is 32.8. The molecule has 1 aromatic rings. The van der Waals surface area contributed by atoms with E-state index in [1.54, 1.807) is 6.20 Å². The summed E-state index contributed by atoms with van der Waals surface area (Å²) < 4.78 is 0. The molecule has 2 saturated carbocycles. The van der Waals surface area contributed by atoms with Crippen molar-refractivity contribution in [1.29, 1.82) is 0 Å². The van der Waals surface area contributed by atoms with Crippen LogP contribution in [-0.2, 0) is 0 Å². The highest BCUT2D eigenvalue weighted by Crippen LogP contribution is 2.48. The van der Waals surface area contributed by atoms with Crippen molar-refractivity contribution in [2.45, 2.75) is 25.7 Å². The van der Waals surface area contributed by atoms with Gasteiger partial charge in [0.1, 0.15) is 5.82 Å². The summed E-state index contributed by atoms with van der Waals surface area (Å²) >= 11 is 0. The van der Waals surface area contributed by atoms with Gasteiger partial charge in [0.25, 0.3) is 0 Å². The van der Waals surface area contributed by atoms with Crippen molar-refractivity contribution in [3.63, 3.8) is 0 Å². The molecule has 1 aromatic heterocycles. The minimum atomic E-state index is 0.744. The number of piperazine rings is 1. The van der Waals surface area contributed by atoms with E-state index in [1.807, 2.05) is 12.1 Å². The molecule has 3 atom stereocenters. The Labute approximate surface area is 127 Å². The van der Waals surface area contributed by atoms with Gasteiger partial charge in [-0.3, -0.25) is 4.90 Å². The summed E-state index contributed by atoms with van der Waals surface area (Å²) in [4.78, 5) is 9.51. The SMILES string of the molecule is Nc1ccc(N2CCN(CC3CC4CCC3C4)CC2)nc1. The minimum Gasteiger partial charge on any atom is -0.397 e. The topological polar surface area (TPSA) is 45.4 Å². The number of fused-ring (bicyclic) bond motifs is 2. The molecule has 2 N–H and O–H groups in total. The molecule has 114 valence electrons. The molecule has 3 fully saturated rings. The Kier molecular flexibility index (Phi) is 3.49. The smallest absolute Gasteiger partial charge is 0.128 e. The van der Waals surface area contributed by atoms with Gasteiger partial charge in [-0.25, -0.2) is 4.98 Å². The van der Waals surface area contributed by atoms with Gasteiger partial charge in [-0.1, -0.05) is 6.42 Å². The molecule has 0 aromatic carbocycles. The summed E-state index contributed by atoms with van der Waals surface area (Å²) in [6.07, 6.45) is 7.81.